The van der Waals surface area contributed by atoms with Crippen molar-refractivity contribution in [2.24, 2.45) is 0 Å². The molecule has 0 saturated heterocycles. The van der Waals surface area contributed by atoms with Crippen LogP contribution in [0.25, 0.3) is 0 Å². The fraction of sp³-hybridized carbons (Fsp3) is 0.350. The Labute approximate surface area is 165 Å². The van der Waals surface area contributed by atoms with E-state index in [0.29, 0.717) is 19.3 Å². The SMILES string of the molecule is CCCOC(=O)c1ccc(C(=O)NS(=O)(=O)CCCCc2ccccc2)cn1. The van der Waals surface area contributed by atoms with Gasteiger partial charge < -0.3 is 4.74 Å². The van der Waals surface area contributed by atoms with E-state index in [9.17, 15) is 18.0 Å². The topological polar surface area (TPSA) is 102 Å². The first-order chi connectivity index (χ1) is 13.4. The number of esters is 1. The van der Waals surface area contributed by atoms with Crippen molar-refractivity contribution in [2.75, 3.05) is 12.4 Å². The molecule has 0 fully saturated rings. The monoisotopic (exact) mass is 404 g/mol. The summed E-state index contributed by atoms with van der Waals surface area (Å²) in [4.78, 5) is 27.7. The van der Waals surface area contributed by atoms with Crippen molar-refractivity contribution in [1.29, 1.82) is 0 Å². The van der Waals surface area contributed by atoms with Gasteiger partial charge in [-0.3, -0.25) is 4.79 Å². The van der Waals surface area contributed by atoms with Crippen molar-refractivity contribution in [2.45, 2.75) is 32.6 Å². The molecule has 1 aromatic carbocycles. The first-order valence-corrected chi connectivity index (χ1v) is 10.8. The molecule has 8 heteroatoms. The molecule has 150 valence electrons. The maximum absolute atomic E-state index is 12.1. The van der Waals surface area contributed by atoms with Gasteiger partial charge in [0, 0.05) is 6.20 Å². The van der Waals surface area contributed by atoms with Gasteiger partial charge in [0.2, 0.25) is 10.0 Å². The second-order valence-electron chi connectivity index (χ2n) is 6.26. The Balaban J connectivity index is 1.82. The number of unbranched alkanes of at least 4 members (excludes halogenated alkanes) is 1. The third-order valence-corrected chi connectivity index (χ3v) is 5.21. The Morgan fingerprint density at radius 1 is 1.07 bits per heavy atom. The molecule has 2 rings (SSSR count). The van der Waals surface area contributed by atoms with Crippen LogP contribution in [0.4, 0.5) is 0 Å². The molecule has 1 aromatic heterocycles. The number of aryl methyl sites for hydroxylation is 1. The Morgan fingerprint density at radius 3 is 2.46 bits per heavy atom. The number of pyridine rings is 1. The van der Waals surface area contributed by atoms with Gasteiger partial charge in [0.05, 0.1) is 17.9 Å². The predicted octanol–water partition coefficient (Wildman–Crippen LogP) is 2.73. The quantitative estimate of drug-likeness (QED) is 0.482. The van der Waals surface area contributed by atoms with E-state index in [1.54, 1.807) is 0 Å². The lowest BCUT2D eigenvalue weighted by Crippen LogP contribution is -2.32. The van der Waals surface area contributed by atoms with Gasteiger partial charge in [-0.15, -0.1) is 0 Å². The van der Waals surface area contributed by atoms with E-state index in [0.717, 1.165) is 18.2 Å². The molecule has 0 aliphatic carbocycles. The standard InChI is InChI=1S/C20H24N2O5S/c1-2-13-27-20(24)18-12-11-17(15-21-18)19(23)22-28(25,26)14-7-6-10-16-8-4-3-5-9-16/h3-5,8-9,11-12,15H,2,6-7,10,13-14H2,1H3,(H,22,23). The highest BCUT2D eigenvalue weighted by atomic mass is 32.2. The molecule has 0 aliphatic rings. The number of aromatic nitrogens is 1. The minimum atomic E-state index is -3.74. The van der Waals surface area contributed by atoms with E-state index in [2.05, 4.69) is 4.98 Å². The van der Waals surface area contributed by atoms with Gasteiger partial charge in [-0.1, -0.05) is 37.3 Å². The number of carbonyl (C=O) groups is 2. The van der Waals surface area contributed by atoms with Gasteiger partial charge in [-0.05, 0) is 43.4 Å². The van der Waals surface area contributed by atoms with E-state index < -0.39 is 21.9 Å². The third-order valence-electron chi connectivity index (χ3n) is 3.89. The molecule has 0 unspecified atom stereocenters. The van der Waals surface area contributed by atoms with Crippen molar-refractivity contribution in [3.05, 3.63) is 65.5 Å². The fourth-order valence-corrected chi connectivity index (χ4v) is 3.52. The van der Waals surface area contributed by atoms with Gasteiger partial charge >= 0.3 is 5.97 Å². The molecule has 1 N–H and O–H groups in total. The van der Waals surface area contributed by atoms with Crippen molar-refractivity contribution in [3.8, 4) is 0 Å². The first kappa shape index (κ1) is 21.6. The summed E-state index contributed by atoms with van der Waals surface area (Å²) < 4.78 is 31.2. The molecule has 7 nitrogen and oxygen atoms in total. The zero-order valence-electron chi connectivity index (χ0n) is 15.8. The Bertz CT molecular complexity index is 881. The number of carbonyl (C=O) groups excluding carboxylic acids is 2. The summed E-state index contributed by atoms with van der Waals surface area (Å²) in [5, 5.41) is 0. The molecule has 0 spiro atoms. The first-order valence-electron chi connectivity index (χ1n) is 9.13. The number of rotatable bonds is 10. The van der Waals surface area contributed by atoms with Crippen molar-refractivity contribution in [1.82, 2.24) is 9.71 Å². The van der Waals surface area contributed by atoms with Gasteiger partial charge in [0.25, 0.3) is 5.91 Å². The lowest BCUT2D eigenvalue weighted by atomic mass is 10.1. The largest absolute Gasteiger partial charge is 0.461 e. The minimum absolute atomic E-state index is 0.0555. The maximum atomic E-state index is 12.1. The van der Waals surface area contributed by atoms with Crippen molar-refractivity contribution in [3.63, 3.8) is 0 Å². The number of amides is 1. The summed E-state index contributed by atoms with van der Waals surface area (Å²) in [7, 11) is -3.74. The Morgan fingerprint density at radius 2 is 1.82 bits per heavy atom. The molecular formula is C20H24N2O5S. The van der Waals surface area contributed by atoms with Gasteiger partial charge in [0.1, 0.15) is 5.69 Å². The molecule has 28 heavy (non-hydrogen) atoms. The molecule has 0 atom stereocenters. The number of nitrogens with zero attached hydrogens (tertiary/aromatic N) is 1. The smallest absolute Gasteiger partial charge is 0.356 e. The van der Waals surface area contributed by atoms with Crippen LogP contribution in [-0.2, 0) is 21.2 Å². The predicted molar refractivity (Wildman–Crippen MR) is 105 cm³/mol. The highest BCUT2D eigenvalue weighted by molar-refractivity contribution is 7.90. The van der Waals surface area contributed by atoms with Crippen LogP contribution in [0.15, 0.2) is 48.7 Å². The highest BCUT2D eigenvalue weighted by Gasteiger charge is 2.17. The molecule has 0 bridgehead atoms. The number of hydrogen-bond acceptors (Lipinski definition) is 6. The van der Waals surface area contributed by atoms with Crippen LogP contribution in [0.2, 0.25) is 0 Å². The normalized spacial score (nSPS) is 11.0. The summed E-state index contributed by atoms with van der Waals surface area (Å²) in [6, 6.07) is 12.5. The van der Waals surface area contributed by atoms with Gasteiger partial charge in [-0.2, -0.15) is 0 Å². The lowest BCUT2D eigenvalue weighted by Gasteiger charge is -2.07. The summed E-state index contributed by atoms with van der Waals surface area (Å²) in [6.07, 6.45) is 3.77. The van der Waals surface area contributed by atoms with E-state index >= 15 is 0 Å². The van der Waals surface area contributed by atoms with E-state index in [4.69, 9.17) is 4.74 Å². The molecule has 1 heterocycles. The number of ether oxygens (including phenoxy) is 1. The van der Waals surface area contributed by atoms with Gasteiger partial charge in [-0.25, -0.2) is 22.9 Å². The highest BCUT2D eigenvalue weighted by Crippen LogP contribution is 2.07. The molecule has 0 aliphatic heterocycles. The summed E-state index contributed by atoms with van der Waals surface area (Å²) in [5.74, 6) is -1.50. The zero-order valence-corrected chi connectivity index (χ0v) is 16.6. The van der Waals surface area contributed by atoms with Crippen LogP contribution in [-0.4, -0.2) is 37.6 Å². The molecule has 2 aromatic rings. The molecule has 0 radical (unpaired) electrons. The summed E-state index contributed by atoms with van der Waals surface area (Å²) in [6.45, 7) is 2.15. The Kier molecular flexibility index (Phi) is 8.13. The van der Waals surface area contributed by atoms with E-state index in [1.807, 2.05) is 42.0 Å². The van der Waals surface area contributed by atoms with Crippen LogP contribution in [0, 0.1) is 0 Å². The van der Waals surface area contributed by atoms with E-state index in [1.165, 1.54) is 12.1 Å². The maximum Gasteiger partial charge on any atom is 0.356 e. The minimum Gasteiger partial charge on any atom is -0.461 e. The van der Waals surface area contributed by atoms with Crippen molar-refractivity contribution < 1.29 is 22.7 Å². The molecular weight excluding hydrogens is 380 g/mol. The van der Waals surface area contributed by atoms with Gasteiger partial charge in [0.15, 0.2) is 0 Å². The number of hydrogen-bond donors (Lipinski definition) is 1. The molecule has 0 saturated carbocycles. The number of sulfonamides is 1. The number of nitrogens with one attached hydrogen (secondary N) is 1. The van der Waals surface area contributed by atoms with Crippen LogP contribution < -0.4 is 4.72 Å². The van der Waals surface area contributed by atoms with Crippen LogP contribution >= 0.6 is 0 Å². The second-order valence-corrected chi connectivity index (χ2v) is 8.10. The fourth-order valence-electron chi connectivity index (χ4n) is 2.43. The average Bonchev–Trinajstić information content (AvgIpc) is 2.70. The average molecular weight is 404 g/mol. The summed E-state index contributed by atoms with van der Waals surface area (Å²) >= 11 is 0. The molecule has 1 amide bonds. The third kappa shape index (κ3) is 7.11. The summed E-state index contributed by atoms with van der Waals surface area (Å²) in [5.41, 5.74) is 1.27. The number of benzene rings is 1. The second kappa shape index (κ2) is 10.6. The van der Waals surface area contributed by atoms with Crippen LogP contribution in [0.5, 0.6) is 0 Å². The zero-order chi connectivity index (χ0) is 20.4. The van der Waals surface area contributed by atoms with E-state index in [-0.39, 0.29) is 23.6 Å². The van der Waals surface area contributed by atoms with Crippen LogP contribution in [0.1, 0.15) is 52.6 Å². The van der Waals surface area contributed by atoms with Crippen LogP contribution in [0.3, 0.4) is 0 Å². The van der Waals surface area contributed by atoms with Crippen molar-refractivity contribution >= 4 is 21.9 Å². The Hall–Kier alpha value is -2.74. The lowest BCUT2D eigenvalue weighted by molar-refractivity contribution is 0.0497.